The summed E-state index contributed by atoms with van der Waals surface area (Å²) in [5.74, 6) is 1.52. The standard InChI is InChI=1S/C15H21N7.HI/c1-21-19-14(18-20-21)12-16-15(22-10-6-3-7-11-22)17-13-8-4-2-5-9-13;/h2,4-5,8-9H,3,6-7,10-12H2,1H3,(H,16,17);1H. The van der Waals surface area contributed by atoms with Gasteiger partial charge in [0.15, 0.2) is 11.8 Å². The fourth-order valence-corrected chi connectivity index (χ4v) is 2.51. The number of hydrogen-bond donors (Lipinski definition) is 1. The van der Waals surface area contributed by atoms with Gasteiger partial charge in [-0.15, -0.1) is 34.2 Å². The Morgan fingerprint density at radius 2 is 1.91 bits per heavy atom. The molecule has 1 aromatic heterocycles. The number of para-hydroxylation sites is 1. The van der Waals surface area contributed by atoms with Crippen LogP contribution in [0.25, 0.3) is 0 Å². The van der Waals surface area contributed by atoms with E-state index in [-0.39, 0.29) is 24.0 Å². The molecular weight excluding hydrogens is 405 g/mol. The highest BCUT2D eigenvalue weighted by atomic mass is 127. The van der Waals surface area contributed by atoms with Gasteiger partial charge >= 0.3 is 0 Å². The molecule has 2 heterocycles. The quantitative estimate of drug-likeness (QED) is 0.463. The third kappa shape index (κ3) is 5.15. The summed E-state index contributed by atoms with van der Waals surface area (Å²) < 4.78 is 0. The van der Waals surface area contributed by atoms with Crippen molar-refractivity contribution in [3.63, 3.8) is 0 Å². The molecule has 2 aromatic rings. The van der Waals surface area contributed by atoms with E-state index in [1.807, 2.05) is 30.3 Å². The number of halogens is 1. The van der Waals surface area contributed by atoms with Crippen molar-refractivity contribution in [2.24, 2.45) is 12.0 Å². The average Bonchev–Trinajstić information content (AvgIpc) is 2.99. The first-order chi connectivity index (χ1) is 10.8. The fraction of sp³-hybridized carbons (Fsp3) is 0.467. The number of aromatic nitrogens is 4. The molecular formula is C15H22IN7. The molecule has 1 aliphatic rings. The molecule has 7 nitrogen and oxygen atoms in total. The first-order valence-electron chi connectivity index (χ1n) is 7.65. The Bertz CT molecular complexity index is 620. The van der Waals surface area contributed by atoms with Crippen LogP contribution in [0.5, 0.6) is 0 Å². The summed E-state index contributed by atoms with van der Waals surface area (Å²) in [5, 5.41) is 15.4. The summed E-state index contributed by atoms with van der Waals surface area (Å²) in [5.41, 5.74) is 1.04. The van der Waals surface area contributed by atoms with Gasteiger partial charge in [0.25, 0.3) is 0 Å². The van der Waals surface area contributed by atoms with Crippen LogP contribution in [0.3, 0.4) is 0 Å². The summed E-state index contributed by atoms with van der Waals surface area (Å²) in [6, 6.07) is 10.1. The molecule has 1 saturated heterocycles. The van der Waals surface area contributed by atoms with Crippen LogP contribution in [0.1, 0.15) is 25.1 Å². The molecule has 3 rings (SSSR count). The minimum atomic E-state index is 0. The molecule has 0 atom stereocenters. The van der Waals surface area contributed by atoms with E-state index in [9.17, 15) is 0 Å². The molecule has 0 amide bonds. The number of tetrazole rings is 1. The Hall–Kier alpha value is -1.71. The second kappa shape index (κ2) is 8.80. The van der Waals surface area contributed by atoms with E-state index < -0.39 is 0 Å². The molecule has 1 N–H and O–H groups in total. The molecule has 1 fully saturated rings. The van der Waals surface area contributed by atoms with Gasteiger partial charge < -0.3 is 10.2 Å². The molecule has 1 aromatic carbocycles. The van der Waals surface area contributed by atoms with Crippen molar-refractivity contribution in [3.05, 3.63) is 36.2 Å². The van der Waals surface area contributed by atoms with E-state index in [4.69, 9.17) is 0 Å². The monoisotopic (exact) mass is 427 g/mol. The number of nitrogens with one attached hydrogen (secondary N) is 1. The number of aryl methyl sites for hydroxylation is 1. The lowest BCUT2D eigenvalue weighted by Crippen LogP contribution is -2.40. The van der Waals surface area contributed by atoms with Gasteiger partial charge in [-0.2, -0.15) is 4.80 Å². The van der Waals surface area contributed by atoms with Gasteiger partial charge in [-0.25, -0.2) is 4.99 Å². The van der Waals surface area contributed by atoms with Gasteiger partial charge in [-0.05, 0) is 36.6 Å². The average molecular weight is 427 g/mol. The molecule has 0 spiro atoms. The minimum Gasteiger partial charge on any atom is -0.343 e. The number of piperidine rings is 1. The van der Waals surface area contributed by atoms with Crippen LogP contribution >= 0.6 is 24.0 Å². The molecule has 0 radical (unpaired) electrons. The van der Waals surface area contributed by atoms with Crippen molar-refractivity contribution in [1.29, 1.82) is 0 Å². The Balaban J connectivity index is 0.00000192. The molecule has 0 saturated carbocycles. The van der Waals surface area contributed by atoms with E-state index in [0.29, 0.717) is 12.4 Å². The van der Waals surface area contributed by atoms with Crippen molar-refractivity contribution in [3.8, 4) is 0 Å². The van der Waals surface area contributed by atoms with Crippen molar-refractivity contribution in [2.45, 2.75) is 25.8 Å². The van der Waals surface area contributed by atoms with Crippen LogP contribution in [0.2, 0.25) is 0 Å². The maximum Gasteiger partial charge on any atom is 0.198 e. The number of nitrogens with zero attached hydrogens (tertiary/aromatic N) is 6. The van der Waals surface area contributed by atoms with Crippen LogP contribution in [0.4, 0.5) is 5.69 Å². The SMILES string of the molecule is Cn1nnc(CN=C(Nc2ccccc2)N2CCCCC2)n1.I. The van der Waals surface area contributed by atoms with Crippen molar-refractivity contribution < 1.29 is 0 Å². The van der Waals surface area contributed by atoms with E-state index in [0.717, 1.165) is 24.7 Å². The third-order valence-electron chi connectivity index (χ3n) is 3.61. The van der Waals surface area contributed by atoms with Crippen molar-refractivity contribution in [2.75, 3.05) is 18.4 Å². The van der Waals surface area contributed by atoms with Gasteiger partial charge in [-0.3, -0.25) is 0 Å². The lowest BCUT2D eigenvalue weighted by atomic mass is 10.1. The summed E-state index contributed by atoms with van der Waals surface area (Å²) in [4.78, 5) is 8.43. The van der Waals surface area contributed by atoms with Crippen LogP contribution in [-0.2, 0) is 13.6 Å². The molecule has 8 heteroatoms. The van der Waals surface area contributed by atoms with E-state index in [1.54, 1.807) is 7.05 Å². The lowest BCUT2D eigenvalue weighted by Gasteiger charge is -2.30. The van der Waals surface area contributed by atoms with E-state index >= 15 is 0 Å². The predicted molar refractivity (Wildman–Crippen MR) is 101 cm³/mol. The van der Waals surface area contributed by atoms with E-state index in [2.05, 4.69) is 30.6 Å². The van der Waals surface area contributed by atoms with Gasteiger partial charge in [0.1, 0.15) is 6.54 Å². The van der Waals surface area contributed by atoms with Gasteiger partial charge in [-0.1, -0.05) is 18.2 Å². The first-order valence-corrected chi connectivity index (χ1v) is 7.65. The maximum atomic E-state index is 4.68. The maximum absolute atomic E-state index is 4.68. The zero-order valence-corrected chi connectivity index (χ0v) is 15.6. The highest BCUT2D eigenvalue weighted by molar-refractivity contribution is 14.0. The third-order valence-corrected chi connectivity index (χ3v) is 3.61. The molecule has 0 aliphatic carbocycles. The molecule has 124 valence electrons. The Morgan fingerprint density at radius 1 is 1.17 bits per heavy atom. The highest BCUT2D eigenvalue weighted by Crippen LogP contribution is 2.13. The normalized spacial score (nSPS) is 15.2. The summed E-state index contributed by atoms with van der Waals surface area (Å²) in [6.07, 6.45) is 3.71. The largest absolute Gasteiger partial charge is 0.343 e. The number of rotatable bonds is 3. The summed E-state index contributed by atoms with van der Waals surface area (Å²) >= 11 is 0. The Labute approximate surface area is 153 Å². The van der Waals surface area contributed by atoms with Gasteiger partial charge in [0.2, 0.25) is 0 Å². The van der Waals surface area contributed by atoms with Crippen molar-refractivity contribution in [1.82, 2.24) is 25.1 Å². The zero-order valence-electron chi connectivity index (χ0n) is 13.2. The molecule has 0 unspecified atom stereocenters. The second-order valence-corrected chi connectivity index (χ2v) is 5.37. The fourth-order valence-electron chi connectivity index (χ4n) is 2.51. The van der Waals surface area contributed by atoms with E-state index in [1.165, 1.54) is 24.1 Å². The predicted octanol–water partition coefficient (Wildman–Crippen LogP) is 2.28. The smallest absolute Gasteiger partial charge is 0.198 e. The first kappa shape index (κ1) is 17.6. The highest BCUT2D eigenvalue weighted by Gasteiger charge is 2.15. The van der Waals surface area contributed by atoms with Crippen molar-refractivity contribution >= 4 is 35.6 Å². The molecule has 23 heavy (non-hydrogen) atoms. The molecule has 1 aliphatic heterocycles. The Morgan fingerprint density at radius 3 is 2.57 bits per heavy atom. The van der Waals surface area contributed by atoms with Gasteiger partial charge in [0.05, 0.1) is 7.05 Å². The summed E-state index contributed by atoms with van der Waals surface area (Å²) in [7, 11) is 1.76. The Kier molecular flexibility index (Phi) is 6.75. The number of benzene rings is 1. The molecule has 0 bridgehead atoms. The number of aliphatic imine (C=N–C) groups is 1. The topological polar surface area (TPSA) is 71.2 Å². The lowest BCUT2D eigenvalue weighted by molar-refractivity contribution is 0.340. The van der Waals surface area contributed by atoms with Crippen LogP contribution in [0.15, 0.2) is 35.3 Å². The van der Waals surface area contributed by atoms with Crippen LogP contribution < -0.4 is 5.32 Å². The number of anilines is 1. The number of likely N-dealkylation sites (tertiary alicyclic amines) is 1. The zero-order chi connectivity index (χ0) is 15.2. The number of hydrogen-bond acceptors (Lipinski definition) is 4. The van der Waals surface area contributed by atoms with Crippen LogP contribution in [-0.4, -0.2) is 44.2 Å². The minimum absolute atomic E-state index is 0. The summed E-state index contributed by atoms with van der Waals surface area (Å²) in [6.45, 7) is 2.50. The number of guanidine groups is 1. The van der Waals surface area contributed by atoms with Crippen LogP contribution in [0, 0.1) is 0 Å². The second-order valence-electron chi connectivity index (χ2n) is 5.37. The van der Waals surface area contributed by atoms with Gasteiger partial charge in [0, 0.05) is 18.8 Å².